The minimum absolute atomic E-state index is 0.224. The summed E-state index contributed by atoms with van der Waals surface area (Å²) in [5, 5.41) is 3.38. The zero-order chi connectivity index (χ0) is 23.1. The van der Waals surface area contributed by atoms with E-state index in [1.54, 1.807) is 20.4 Å². The fourth-order valence-corrected chi connectivity index (χ4v) is 4.85. The number of benzene rings is 1. The van der Waals surface area contributed by atoms with Crippen LogP contribution in [0.15, 0.2) is 28.8 Å². The Kier molecular flexibility index (Phi) is 5.57. The fourth-order valence-electron chi connectivity index (χ4n) is 4.85. The molecule has 0 radical (unpaired) electrons. The van der Waals surface area contributed by atoms with Gasteiger partial charge in [0.2, 0.25) is 5.95 Å². The van der Waals surface area contributed by atoms with Crippen LogP contribution in [-0.2, 0) is 11.2 Å². The number of likely N-dealkylation sites (N-methyl/N-ethyl adjacent to an activating group) is 1. The highest BCUT2D eigenvalue weighted by molar-refractivity contribution is 5.76. The Labute approximate surface area is 193 Å². The zero-order valence-electron chi connectivity index (χ0n) is 19.8. The third kappa shape index (κ3) is 3.86. The first-order valence-electron chi connectivity index (χ1n) is 11.3. The van der Waals surface area contributed by atoms with Crippen molar-refractivity contribution in [3.63, 3.8) is 0 Å². The predicted octanol–water partition coefficient (Wildman–Crippen LogP) is 3.80. The molecular formula is C24H30N6O3. The number of fused-ring (bicyclic) bond motifs is 3. The van der Waals surface area contributed by atoms with Crippen molar-refractivity contribution in [3.8, 4) is 17.1 Å². The summed E-state index contributed by atoms with van der Waals surface area (Å²) in [5.74, 6) is 3.52. The van der Waals surface area contributed by atoms with Gasteiger partial charge < -0.3 is 29.0 Å². The van der Waals surface area contributed by atoms with Crippen LogP contribution in [0.3, 0.4) is 0 Å². The summed E-state index contributed by atoms with van der Waals surface area (Å²) >= 11 is 0. The van der Waals surface area contributed by atoms with Crippen molar-refractivity contribution in [2.45, 2.75) is 38.8 Å². The summed E-state index contributed by atoms with van der Waals surface area (Å²) in [6, 6.07) is 6.24. The third-order valence-electron chi connectivity index (χ3n) is 6.46. The van der Waals surface area contributed by atoms with Crippen molar-refractivity contribution >= 4 is 23.1 Å². The van der Waals surface area contributed by atoms with E-state index in [9.17, 15) is 0 Å². The van der Waals surface area contributed by atoms with Crippen molar-refractivity contribution in [1.82, 2.24) is 15.0 Å². The molecule has 2 unspecified atom stereocenters. The van der Waals surface area contributed by atoms with E-state index in [4.69, 9.17) is 23.9 Å². The molecule has 0 amide bonds. The van der Waals surface area contributed by atoms with E-state index in [1.165, 1.54) is 0 Å². The van der Waals surface area contributed by atoms with Gasteiger partial charge in [-0.25, -0.2) is 9.97 Å². The topological polar surface area (TPSA) is 88.8 Å². The van der Waals surface area contributed by atoms with Crippen LogP contribution in [0.2, 0.25) is 0 Å². The number of nitrogens with one attached hydrogen (secondary N) is 1. The molecule has 0 saturated carbocycles. The first-order chi connectivity index (χ1) is 16.0. The molecule has 4 heterocycles. The van der Waals surface area contributed by atoms with E-state index in [0.717, 1.165) is 54.4 Å². The first kappa shape index (κ1) is 21.5. The average molecular weight is 451 g/mol. The molecule has 33 heavy (non-hydrogen) atoms. The summed E-state index contributed by atoms with van der Waals surface area (Å²) in [5.41, 5.74) is 3.83. The lowest BCUT2D eigenvalue weighted by Crippen LogP contribution is -2.45. The Morgan fingerprint density at radius 1 is 1.21 bits per heavy atom. The number of anilines is 4. The molecule has 1 N–H and O–H groups in total. The van der Waals surface area contributed by atoms with E-state index >= 15 is 0 Å². The number of rotatable bonds is 6. The highest BCUT2D eigenvalue weighted by Gasteiger charge is 2.40. The van der Waals surface area contributed by atoms with Crippen LogP contribution in [0.4, 0.5) is 23.1 Å². The molecule has 0 spiro atoms. The molecule has 1 aromatic carbocycles. The first-order valence-corrected chi connectivity index (χ1v) is 11.3. The highest BCUT2D eigenvalue weighted by atomic mass is 16.5. The van der Waals surface area contributed by atoms with Crippen LogP contribution in [0.5, 0.6) is 5.75 Å². The number of ether oxygens (including phenoxy) is 2. The van der Waals surface area contributed by atoms with Gasteiger partial charge in [0.1, 0.15) is 11.4 Å². The SMILES string of the molecule is CCc1nc(Nc2ccc(-c3cnc(C)o3)c(OC)c2)nc2c1N(C)CC1CC(OC)CN21. The number of nitrogens with zero attached hydrogens (tertiary/aromatic N) is 5. The second-order valence-corrected chi connectivity index (χ2v) is 8.58. The summed E-state index contributed by atoms with van der Waals surface area (Å²) in [6.45, 7) is 5.75. The molecule has 3 aromatic rings. The Hall–Kier alpha value is -3.33. The highest BCUT2D eigenvalue weighted by Crippen LogP contribution is 2.41. The second kappa shape index (κ2) is 8.55. The van der Waals surface area contributed by atoms with E-state index in [-0.39, 0.29) is 6.10 Å². The summed E-state index contributed by atoms with van der Waals surface area (Å²) in [6.07, 6.45) is 3.76. The van der Waals surface area contributed by atoms with Gasteiger partial charge >= 0.3 is 0 Å². The molecule has 9 heteroatoms. The lowest BCUT2D eigenvalue weighted by Gasteiger charge is -2.39. The Balaban J connectivity index is 1.49. The van der Waals surface area contributed by atoms with E-state index in [2.05, 4.69) is 34.1 Å². The van der Waals surface area contributed by atoms with Crippen molar-refractivity contribution in [3.05, 3.63) is 36.0 Å². The van der Waals surface area contributed by atoms with E-state index in [1.807, 2.05) is 25.1 Å². The molecular weight excluding hydrogens is 420 g/mol. The molecule has 2 aromatic heterocycles. The van der Waals surface area contributed by atoms with Gasteiger partial charge in [0.15, 0.2) is 17.5 Å². The normalized spacial score (nSPS) is 19.4. The maximum atomic E-state index is 5.67. The number of hydrogen-bond acceptors (Lipinski definition) is 9. The quantitative estimate of drug-likeness (QED) is 0.602. The van der Waals surface area contributed by atoms with Gasteiger partial charge in [0.25, 0.3) is 0 Å². The predicted molar refractivity (Wildman–Crippen MR) is 128 cm³/mol. The fraction of sp³-hybridized carbons (Fsp3) is 0.458. The van der Waals surface area contributed by atoms with Crippen molar-refractivity contribution in [1.29, 1.82) is 0 Å². The second-order valence-electron chi connectivity index (χ2n) is 8.58. The minimum Gasteiger partial charge on any atom is -0.496 e. The number of hydrogen-bond donors (Lipinski definition) is 1. The number of oxazole rings is 1. The lowest BCUT2D eigenvalue weighted by atomic mass is 10.1. The summed E-state index contributed by atoms with van der Waals surface area (Å²) < 4.78 is 17.0. The van der Waals surface area contributed by atoms with Gasteiger partial charge in [-0.1, -0.05) is 6.92 Å². The van der Waals surface area contributed by atoms with Crippen molar-refractivity contribution in [2.75, 3.05) is 49.5 Å². The van der Waals surface area contributed by atoms with Crippen LogP contribution >= 0.6 is 0 Å². The maximum absolute atomic E-state index is 5.67. The Morgan fingerprint density at radius 2 is 2.06 bits per heavy atom. The lowest BCUT2D eigenvalue weighted by molar-refractivity contribution is 0.118. The van der Waals surface area contributed by atoms with Crippen molar-refractivity contribution < 1.29 is 13.9 Å². The van der Waals surface area contributed by atoms with Crippen LogP contribution in [0.1, 0.15) is 24.9 Å². The third-order valence-corrected chi connectivity index (χ3v) is 6.46. The number of aryl methyl sites for hydroxylation is 2. The minimum atomic E-state index is 0.224. The van der Waals surface area contributed by atoms with Gasteiger partial charge in [0, 0.05) is 45.9 Å². The van der Waals surface area contributed by atoms with Gasteiger partial charge in [-0.2, -0.15) is 4.98 Å². The molecule has 5 rings (SSSR count). The maximum Gasteiger partial charge on any atom is 0.229 e. The molecule has 0 bridgehead atoms. The van der Waals surface area contributed by atoms with Gasteiger partial charge in [-0.15, -0.1) is 0 Å². The van der Waals surface area contributed by atoms with Crippen LogP contribution < -0.4 is 19.9 Å². The standard InChI is InChI=1S/C24H30N6O3/c1-6-19-22-23(30-13-17(31-4)10-16(30)12-29(22)3)28-24(27-19)26-15-7-8-18(20(9-15)32-5)21-11-25-14(2)33-21/h7-9,11,16-17H,6,10,12-13H2,1-5H3,(H,26,27,28). The molecule has 2 aliphatic heterocycles. The number of aromatic nitrogens is 3. The average Bonchev–Trinajstić information content (AvgIpc) is 3.44. The molecule has 9 nitrogen and oxygen atoms in total. The van der Waals surface area contributed by atoms with Crippen molar-refractivity contribution in [2.24, 2.45) is 0 Å². The molecule has 1 fully saturated rings. The van der Waals surface area contributed by atoms with E-state index in [0.29, 0.717) is 29.4 Å². The van der Waals surface area contributed by atoms with Gasteiger partial charge in [-0.3, -0.25) is 0 Å². The summed E-state index contributed by atoms with van der Waals surface area (Å²) in [4.78, 5) is 18.7. The largest absolute Gasteiger partial charge is 0.496 e. The molecule has 0 aliphatic carbocycles. The van der Waals surface area contributed by atoms with Gasteiger partial charge in [-0.05, 0) is 25.0 Å². The molecule has 2 aliphatic rings. The smallest absolute Gasteiger partial charge is 0.229 e. The van der Waals surface area contributed by atoms with Crippen LogP contribution in [0, 0.1) is 6.92 Å². The molecule has 1 saturated heterocycles. The molecule has 174 valence electrons. The van der Waals surface area contributed by atoms with Crippen LogP contribution in [0.25, 0.3) is 11.3 Å². The van der Waals surface area contributed by atoms with E-state index < -0.39 is 0 Å². The monoisotopic (exact) mass is 450 g/mol. The Morgan fingerprint density at radius 3 is 2.76 bits per heavy atom. The van der Waals surface area contributed by atoms with Crippen LogP contribution in [-0.4, -0.2) is 61.5 Å². The summed E-state index contributed by atoms with van der Waals surface area (Å²) in [7, 11) is 5.56. The molecule has 2 atom stereocenters. The zero-order valence-corrected chi connectivity index (χ0v) is 19.8. The van der Waals surface area contributed by atoms with Gasteiger partial charge in [0.05, 0.1) is 36.7 Å². The Bertz CT molecular complexity index is 1160. The number of methoxy groups -OCH3 is 2.